The molecule has 0 aliphatic rings. The van der Waals surface area contributed by atoms with E-state index >= 15 is 0 Å². The molecule has 0 saturated heterocycles. The Bertz CT molecular complexity index is 1010. The van der Waals surface area contributed by atoms with Gasteiger partial charge in [-0.15, -0.1) is 0 Å². The maximum absolute atomic E-state index is 12.6. The third kappa shape index (κ3) is 6.16. The zero-order valence-electron chi connectivity index (χ0n) is 15.6. The van der Waals surface area contributed by atoms with Crippen molar-refractivity contribution in [3.05, 3.63) is 105 Å². The Morgan fingerprint density at radius 3 is 2.00 bits per heavy atom. The Morgan fingerprint density at radius 1 is 0.897 bits per heavy atom. The highest BCUT2D eigenvalue weighted by molar-refractivity contribution is 8.22. The summed E-state index contributed by atoms with van der Waals surface area (Å²) in [4.78, 5) is 14.5. The molecule has 0 bridgehead atoms. The van der Waals surface area contributed by atoms with E-state index in [9.17, 15) is 10.1 Å². The van der Waals surface area contributed by atoms with Crippen molar-refractivity contribution in [1.29, 1.82) is 5.26 Å². The molecule has 29 heavy (non-hydrogen) atoms. The number of nitriles is 1. The molecule has 0 saturated carbocycles. The first kappa shape index (κ1) is 21.1. The van der Waals surface area contributed by atoms with E-state index < -0.39 is 0 Å². The second-order valence-corrected chi connectivity index (χ2v) is 8.93. The Morgan fingerprint density at radius 2 is 1.45 bits per heavy atom. The zero-order chi connectivity index (χ0) is 20.6. The van der Waals surface area contributed by atoms with Crippen LogP contribution in [0.15, 0.2) is 98.6 Å². The van der Waals surface area contributed by atoms with Gasteiger partial charge in [-0.05, 0) is 55.5 Å². The standard InChI is InChI=1S/C23H17ClN2OS2/c1-16-7-11-19(12-8-16)28-23(29-20-13-9-18(24)10-14-20)21(15-25)26-22(27)17-5-3-2-4-6-17/h2-14H,1H3,(H,26,27). The van der Waals surface area contributed by atoms with Gasteiger partial charge in [0.1, 0.15) is 11.8 Å². The summed E-state index contributed by atoms with van der Waals surface area (Å²) < 4.78 is 0.683. The molecule has 0 radical (unpaired) electrons. The van der Waals surface area contributed by atoms with E-state index in [0.29, 0.717) is 14.8 Å². The first-order valence-corrected chi connectivity index (χ1v) is 10.7. The molecule has 0 spiro atoms. The van der Waals surface area contributed by atoms with E-state index in [2.05, 4.69) is 11.4 Å². The fourth-order valence-corrected chi connectivity index (χ4v) is 4.59. The molecule has 144 valence electrons. The van der Waals surface area contributed by atoms with Crippen LogP contribution in [0.5, 0.6) is 0 Å². The van der Waals surface area contributed by atoms with Gasteiger partial charge >= 0.3 is 0 Å². The lowest BCUT2D eigenvalue weighted by atomic mass is 10.2. The van der Waals surface area contributed by atoms with Gasteiger partial charge in [0.05, 0.1) is 4.24 Å². The highest BCUT2D eigenvalue weighted by Crippen LogP contribution is 2.41. The predicted octanol–water partition coefficient (Wildman–Crippen LogP) is 6.66. The van der Waals surface area contributed by atoms with Crippen LogP contribution in [0.1, 0.15) is 15.9 Å². The van der Waals surface area contributed by atoms with Crippen molar-refractivity contribution in [2.45, 2.75) is 16.7 Å². The number of hydrogen-bond donors (Lipinski definition) is 1. The topological polar surface area (TPSA) is 52.9 Å². The van der Waals surface area contributed by atoms with Crippen molar-refractivity contribution in [2.75, 3.05) is 0 Å². The van der Waals surface area contributed by atoms with Gasteiger partial charge in [-0.25, -0.2) is 0 Å². The molecule has 0 fully saturated rings. The maximum atomic E-state index is 12.6. The lowest BCUT2D eigenvalue weighted by molar-refractivity contribution is 0.0967. The maximum Gasteiger partial charge on any atom is 0.256 e. The second kappa shape index (κ2) is 10.2. The molecule has 0 atom stereocenters. The van der Waals surface area contributed by atoms with E-state index in [0.717, 1.165) is 15.4 Å². The molecule has 1 N–H and O–H groups in total. The largest absolute Gasteiger partial charge is 0.312 e. The van der Waals surface area contributed by atoms with Crippen LogP contribution in [0.25, 0.3) is 0 Å². The van der Waals surface area contributed by atoms with Gasteiger partial charge < -0.3 is 5.32 Å². The number of aryl methyl sites for hydroxylation is 1. The number of halogens is 1. The molecule has 0 aliphatic carbocycles. The van der Waals surface area contributed by atoms with Crippen molar-refractivity contribution in [1.82, 2.24) is 5.32 Å². The molecule has 3 rings (SSSR count). The van der Waals surface area contributed by atoms with Crippen LogP contribution in [0.4, 0.5) is 0 Å². The van der Waals surface area contributed by atoms with Crippen molar-refractivity contribution in [2.24, 2.45) is 0 Å². The summed E-state index contributed by atoms with van der Waals surface area (Å²) in [5.41, 5.74) is 1.86. The van der Waals surface area contributed by atoms with Gasteiger partial charge in [-0.2, -0.15) is 5.26 Å². The van der Waals surface area contributed by atoms with Gasteiger partial charge in [-0.1, -0.05) is 71.0 Å². The SMILES string of the molecule is Cc1ccc(SC(Sc2ccc(Cl)cc2)=C(C#N)NC(=O)c2ccccc2)cc1. The van der Waals surface area contributed by atoms with Crippen LogP contribution in [0.3, 0.4) is 0 Å². The van der Waals surface area contributed by atoms with Gasteiger partial charge in [0, 0.05) is 20.4 Å². The van der Waals surface area contributed by atoms with E-state index in [1.807, 2.05) is 49.4 Å². The average Bonchev–Trinajstić information content (AvgIpc) is 2.75. The average molecular weight is 437 g/mol. The highest BCUT2D eigenvalue weighted by atomic mass is 35.5. The summed E-state index contributed by atoms with van der Waals surface area (Å²) in [5, 5.41) is 13.2. The number of carbonyl (C=O) groups is 1. The number of carbonyl (C=O) groups excluding carboxylic acids is 1. The van der Waals surface area contributed by atoms with E-state index in [1.165, 1.54) is 23.5 Å². The second-order valence-electron chi connectivity index (χ2n) is 6.07. The van der Waals surface area contributed by atoms with Crippen molar-refractivity contribution < 1.29 is 4.79 Å². The summed E-state index contributed by atoms with van der Waals surface area (Å²) in [6, 6.07) is 26.4. The van der Waals surface area contributed by atoms with E-state index in [1.54, 1.807) is 36.4 Å². The Labute approximate surface area is 183 Å². The molecule has 0 aliphatic heterocycles. The molecule has 6 heteroatoms. The number of rotatable bonds is 6. The normalized spacial score (nSPS) is 11.3. The Balaban J connectivity index is 1.93. The van der Waals surface area contributed by atoms with Gasteiger partial charge in [-0.3, -0.25) is 4.79 Å². The van der Waals surface area contributed by atoms with Crippen molar-refractivity contribution >= 4 is 41.0 Å². The minimum Gasteiger partial charge on any atom is -0.312 e. The number of amides is 1. The minimum absolute atomic E-state index is 0.212. The molecular weight excluding hydrogens is 420 g/mol. The summed E-state index contributed by atoms with van der Waals surface area (Å²) in [6.45, 7) is 2.02. The quantitative estimate of drug-likeness (QED) is 0.347. The van der Waals surface area contributed by atoms with Crippen LogP contribution in [0.2, 0.25) is 5.02 Å². The van der Waals surface area contributed by atoms with Crippen molar-refractivity contribution in [3.8, 4) is 6.07 Å². The van der Waals surface area contributed by atoms with Crippen LogP contribution in [0, 0.1) is 18.3 Å². The van der Waals surface area contributed by atoms with Crippen LogP contribution >= 0.6 is 35.1 Å². The molecule has 0 unspecified atom stereocenters. The molecule has 3 aromatic carbocycles. The third-order valence-corrected chi connectivity index (χ3v) is 6.39. The summed E-state index contributed by atoms with van der Waals surface area (Å²) in [7, 11) is 0. The van der Waals surface area contributed by atoms with Gasteiger partial charge in [0.2, 0.25) is 0 Å². The summed E-state index contributed by atoms with van der Waals surface area (Å²) >= 11 is 8.84. The van der Waals surface area contributed by atoms with E-state index in [4.69, 9.17) is 11.6 Å². The molecule has 0 aromatic heterocycles. The highest BCUT2D eigenvalue weighted by Gasteiger charge is 2.15. The first-order chi connectivity index (χ1) is 14.0. The smallest absolute Gasteiger partial charge is 0.256 e. The molecule has 1 amide bonds. The number of nitrogens with one attached hydrogen (secondary N) is 1. The van der Waals surface area contributed by atoms with E-state index in [-0.39, 0.29) is 11.6 Å². The zero-order valence-corrected chi connectivity index (χ0v) is 17.9. The van der Waals surface area contributed by atoms with Crippen LogP contribution in [-0.2, 0) is 0 Å². The number of hydrogen-bond acceptors (Lipinski definition) is 4. The molecule has 3 aromatic rings. The lowest BCUT2D eigenvalue weighted by Gasteiger charge is -2.12. The van der Waals surface area contributed by atoms with Crippen LogP contribution in [-0.4, -0.2) is 5.91 Å². The number of allylic oxidation sites excluding steroid dienone is 1. The molecule has 3 nitrogen and oxygen atoms in total. The van der Waals surface area contributed by atoms with Crippen molar-refractivity contribution in [3.63, 3.8) is 0 Å². The molecular formula is C23H17ClN2OS2. The number of benzene rings is 3. The Hall–Kier alpha value is -2.65. The lowest BCUT2D eigenvalue weighted by Crippen LogP contribution is -2.22. The van der Waals surface area contributed by atoms with Gasteiger partial charge in [0.25, 0.3) is 5.91 Å². The fourth-order valence-electron chi connectivity index (χ4n) is 2.35. The monoisotopic (exact) mass is 436 g/mol. The Kier molecular flexibility index (Phi) is 7.42. The van der Waals surface area contributed by atoms with Crippen LogP contribution < -0.4 is 5.32 Å². The number of nitrogens with zero attached hydrogens (tertiary/aromatic N) is 1. The summed E-state index contributed by atoms with van der Waals surface area (Å²) in [5.74, 6) is -0.319. The number of thioether (sulfide) groups is 2. The van der Waals surface area contributed by atoms with Gasteiger partial charge in [0.15, 0.2) is 0 Å². The minimum atomic E-state index is -0.319. The predicted molar refractivity (Wildman–Crippen MR) is 121 cm³/mol. The first-order valence-electron chi connectivity index (χ1n) is 8.74. The molecule has 0 heterocycles. The fraction of sp³-hybridized carbons (Fsp3) is 0.0435. The third-order valence-electron chi connectivity index (χ3n) is 3.85. The summed E-state index contributed by atoms with van der Waals surface area (Å²) in [6.07, 6.45) is 0.